The van der Waals surface area contributed by atoms with Crippen LogP contribution in [0.1, 0.15) is 50.2 Å². The first kappa shape index (κ1) is 18.4. The lowest BCUT2D eigenvalue weighted by Crippen LogP contribution is -2.44. The second kappa shape index (κ2) is 8.68. The normalized spacial score (nSPS) is 10.8. The van der Waals surface area contributed by atoms with Crippen molar-refractivity contribution >= 4 is 29.0 Å². The van der Waals surface area contributed by atoms with Crippen LogP contribution in [0.15, 0.2) is 17.5 Å². The summed E-state index contributed by atoms with van der Waals surface area (Å²) in [6.45, 7) is 7.39. The van der Waals surface area contributed by atoms with E-state index in [1.807, 2.05) is 33.1 Å². The maximum atomic E-state index is 12.0. The molecule has 0 aliphatic rings. The van der Waals surface area contributed by atoms with Gasteiger partial charge in [0, 0.05) is 18.5 Å². The second-order valence-electron chi connectivity index (χ2n) is 5.55. The van der Waals surface area contributed by atoms with E-state index in [-0.39, 0.29) is 43.2 Å². The summed E-state index contributed by atoms with van der Waals surface area (Å²) in [4.78, 5) is 37.7. The van der Waals surface area contributed by atoms with Crippen LogP contribution < -0.4 is 0 Å². The Labute approximate surface area is 135 Å². The average molecular weight is 325 g/mol. The molecule has 6 heteroatoms. The van der Waals surface area contributed by atoms with E-state index in [2.05, 4.69) is 0 Å². The molecular formula is C16H23NO4S. The molecule has 5 nitrogen and oxygen atoms in total. The van der Waals surface area contributed by atoms with Gasteiger partial charge in [0.2, 0.25) is 0 Å². The lowest BCUT2D eigenvalue weighted by atomic mass is 10.2. The number of ether oxygens (including phenoxy) is 1. The number of rotatable bonds is 8. The van der Waals surface area contributed by atoms with Crippen molar-refractivity contribution in [1.29, 1.82) is 0 Å². The van der Waals surface area contributed by atoms with Gasteiger partial charge in [-0.1, -0.05) is 6.07 Å². The van der Waals surface area contributed by atoms with Crippen molar-refractivity contribution in [3.05, 3.63) is 22.4 Å². The molecule has 1 aromatic rings. The lowest BCUT2D eigenvalue weighted by Gasteiger charge is -2.30. The van der Waals surface area contributed by atoms with Crippen molar-refractivity contribution in [2.45, 2.75) is 52.6 Å². The van der Waals surface area contributed by atoms with Gasteiger partial charge in [0.05, 0.1) is 11.3 Å². The fraction of sp³-hybridized carbons (Fsp3) is 0.562. The van der Waals surface area contributed by atoms with Crippen LogP contribution >= 0.6 is 11.3 Å². The topological polar surface area (TPSA) is 63.7 Å². The maximum absolute atomic E-state index is 12.0. The zero-order chi connectivity index (χ0) is 16.7. The Bertz CT molecular complexity index is 500. The zero-order valence-electron chi connectivity index (χ0n) is 13.5. The molecule has 0 aliphatic heterocycles. The van der Waals surface area contributed by atoms with Crippen molar-refractivity contribution < 1.29 is 19.1 Å². The molecule has 0 saturated heterocycles. The minimum atomic E-state index is -0.522. The van der Waals surface area contributed by atoms with Gasteiger partial charge in [0.15, 0.2) is 12.4 Å². The molecular weight excluding hydrogens is 302 g/mol. The maximum Gasteiger partial charge on any atom is 0.306 e. The van der Waals surface area contributed by atoms with E-state index in [9.17, 15) is 14.4 Å². The minimum Gasteiger partial charge on any atom is -0.456 e. The Kier molecular flexibility index (Phi) is 7.24. The Morgan fingerprint density at radius 3 is 2.27 bits per heavy atom. The van der Waals surface area contributed by atoms with Gasteiger partial charge in [-0.15, -0.1) is 11.3 Å². The van der Waals surface area contributed by atoms with Gasteiger partial charge < -0.3 is 9.64 Å². The summed E-state index contributed by atoms with van der Waals surface area (Å²) in [5.41, 5.74) is 0. The lowest BCUT2D eigenvalue weighted by molar-refractivity contribution is -0.153. The van der Waals surface area contributed by atoms with E-state index in [4.69, 9.17) is 4.74 Å². The van der Waals surface area contributed by atoms with Crippen molar-refractivity contribution in [1.82, 2.24) is 4.90 Å². The van der Waals surface area contributed by atoms with Crippen LogP contribution in [0.3, 0.4) is 0 Å². The summed E-state index contributed by atoms with van der Waals surface area (Å²) >= 11 is 1.35. The summed E-state index contributed by atoms with van der Waals surface area (Å²) in [6.07, 6.45) is 0.0962. The fourth-order valence-corrected chi connectivity index (χ4v) is 2.93. The van der Waals surface area contributed by atoms with Gasteiger partial charge in [-0.25, -0.2) is 0 Å². The van der Waals surface area contributed by atoms with E-state index in [1.54, 1.807) is 17.0 Å². The summed E-state index contributed by atoms with van der Waals surface area (Å²) in [5, 5.41) is 1.82. The van der Waals surface area contributed by atoms with Crippen LogP contribution in [-0.4, -0.2) is 41.3 Å². The summed E-state index contributed by atoms with van der Waals surface area (Å²) in [5.74, 6) is -0.821. The third kappa shape index (κ3) is 5.60. The highest BCUT2D eigenvalue weighted by Gasteiger charge is 2.21. The Hall–Kier alpha value is -1.69. The average Bonchev–Trinajstić information content (AvgIpc) is 2.95. The van der Waals surface area contributed by atoms with Gasteiger partial charge in [0.1, 0.15) is 0 Å². The van der Waals surface area contributed by atoms with Crippen molar-refractivity contribution in [2.75, 3.05) is 6.61 Å². The number of nitrogens with zero attached hydrogens (tertiary/aromatic N) is 1. The number of esters is 1. The number of carbonyl (C=O) groups is 3. The monoisotopic (exact) mass is 325 g/mol. The molecule has 0 radical (unpaired) electrons. The number of thiophene rings is 1. The zero-order valence-corrected chi connectivity index (χ0v) is 14.3. The number of hydrogen-bond donors (Lipinski definition) is 0. The standard InChI is InChI=1S/C16H23NO4S/c1-11(2)17(12(3)4)15(19)10-21-16(20)8-7-13(18)14-6-5-9-22-14/h5-6,9,11-12H,7-8,10H2,1-4H3. The molecule has 0 aromatic carbocycles. The van der Waals surface area contributed by atoms with Crippen molar-refractivity contribution in [3.8, 4) is 0 Å². The molecule has 22 heavy (non-hydrogen) atoms. The van der Waals surface area contributed by atoms with Crippen LogP contribution in [0.25, 0.3) is 0 Å². The van der Waals surface area contributed by atoms with Crippen LogP contribution in [0.5, 0.6) is 0 Å². The highest BCUT2D eigenvalue weighted by Crippen LogP contribution is 2.12. The first-order chi connectivity index (χ1) is 10.3. The first-order valence-electron chi connectivity index (χ1n) is 7.36. The van der Waals surface area contributed by atoms with Crippen LogP contribution in [0, 0.1) is 0 Å². The molecule has 0 atom stereocenters. The summed E-state index contributed by atoms with van der Waals surface area (Å²) < 4.78 is 4.97. The second-order valence-corrected chi connectivity index (χ2v) is 6.50. The third-order valence-electron chi connectivity index (χ3n) is 3.11. The minimum absolute atomic E-state index is 0.00658. The van der Waals surface area contributed by atoms with Crippen LogP contribution in [0.4, 0.5) is 0 Å². The molecule has 0 bridgehead atoms. The first-order valence-corrected chi connectivity index (χ1v) is 8.24. The van der Waals surface area contributed by atoms with Gasteiger partial charge in [-0.05, 0) is 39.1 Å². The van der Waals surface area contributed by atoms with Gasteiger partial charge >= 0.3 is 5.97 Å². The number of hydrogen-bond acceptors (Lipinski definition) is 5. The SMILES string of the molecule is CC(C)N(C(=O)COC(=O)CCC(=O)c1cccs1)C(C)C. The molecule has 0 saturated carbocycles. The van der Waals surface area contributed by atoms with E-state index >= 15 is 0 Å². The van der Waals surface area contributed by atoms with E-state index < -0.39 is 5.97 Å². The van der Waals surface area contributed by atoms with Gasteiger partial charge in [0.25, 0.3) is 5.91 Å². The predicted molar refractivity (Wildman–Crippen MR) is 86.0 cm³/mol. The molecule has 0 N–H and O–H groups in total. The number of ketones is 1. The van der Waals surface area contributed by atoms with E-state index in [1.165, 1.54) is 11.3 Å². The highest BCUT2D eigenvalue weighted by molar-refractivity contribution is 7.12. The predicted octanol–water partition coefficient (Wildman–Crippen LogP) is 2.90. The van der Waals surface area contributed by atoms with Crippen molar-refractivity contribution in [2.24, 2.45) is 0 Å². The molecule has 1 amide bonds. The number of amides is 1. The van der Waals surface area contributed by atoms with Crippen molar-refractivity contribution in [3.63, 3.8) is 0 Å². The molecule has 0 spiro atoms. The Morgan fingerprint density at radius 2 is 1.77 bits per heavy atom. The number of carbonyl (C=O) groups excluding carboxylic acids is 3. The number of Topliss-reactive ketones (excluding diaryl/α,β-unsaturated/α-hetero) is 1. The van der Waals surface area contributed by atoms with Crippen LogP contribution in [-0.2, 0) is 14.3 Å². The molecule has 0 aliphatic carbocycles. The largest absolute Gasteiger partial charge is 0.456 e. The van der Waals surface area contributed by atoms with E-state index in [0.29, 0.717) is 4.88 Å². The molecule has 1 heterocycles. The van der Waals surface area contributed by atoms with Gasteiger partial charge in [-0.2, -0.15) is 0 Å². The highest BCUT2D eigenvalue weighted by atomic mass is 32.1. The molecule has 1 rings (SSSR count). The summed E-state index contributed by atoms with van der Waals surface area (Å²) in [7, 11) is 0. The Morgan fingerprint density at radius 1 is 1.14 bits per heavy atom. The fourth-order valence-electron chi connectivity index (χ4n) is 2.24. The molecule has 1 aromatic heterocycles. The smallest absolute Gasteiger partial charge is 0.306 e. The van der Waals surface area contributed by atoms with Gasteiger partial charge in [-0.3, -0.25) is 14.4 Å². The Balaban J connectivity index is 2.36. The van der Waals surface area contributed by atoms with Crippen LogP contribution in [0.2, 0.25) is 0 Å². The third-order valence-corrected chi connectivity index (χ3v) is 4.02. The quantitative estimate of drug-likeness (QED) is 0.544. The molecule has 0 fully saturated rings. The molecule has 122 valence electrons. The van der Waals surface area contributed by atoms with E-state index in [0.717, 1.165) is 0 Å². The molecule has 0 unspecified atom stereocenters. The summed E-state index contributed by atoms with van der Waals surface area (Å²) in [6, 6.07) is 3.62.